The maximum Gasteiger partial charge on any atom is 0.308 e. The Balaban J connectivity index is 2.19. The first-order chi connectivity index (χ1) is 8.63. The van der Waals surface area contributed by atoms with Crippen molar-refractivity contribution >= 4 is 11.9 Å². The van der Waals surface area contributed by atoms with Crippen LogP contribution >= 0.6 is 0 Å². The average molecular weight is 248 g/mol. The van der Waals surface area contributed by atoms with Gasteiger partial charge in [0.05, 0.1) is 12.0 Å². The van der Waals surface area contributed by atoms with Crippen molar-refractivity contribution in [3.05, 3.63) is 30.1 Å². The summed E-state index contributed by atoms with van der Waals surface area (Å²) in [6.45, 7) is 2.28. The van der Waals surface area contributed by atoms with Gasteiger partial charge in [-0.1, -0.05) is 13.0 Å². The fourth-order valence-corrected chi connectivity index (χ4v) is 2.41. The number of carboxylic acids is 1. The standard InChI is InChI=1S/C13H16N2O3/c1-2-11(9-4-3-5-14-7-9)15-8-10(13(17)18)6-12(15)16/h3-5,7,10-11H,2,6,8H2,1H3,(H,17,18). The number of carbonyl (C=O) groups is 2. The van der Waals surface area contributed by atoms with Gasteiger partial charge in [-0.15, -0.1) is 0 Å². The maximum absolute atomic E-state index is 11.9. The largest absolute Gasteiger partial charge is 0.481 e. The molecule has 0 radical (unpaired) electrons. The van der Waals surface area contributed by atoms with Crippen LogP contribution in [0.15, 0.2) is 24.5 Å². The van der Waals surface area contributed by atoms with Crippen LogP contribution in [0.1, 0.15) is 31.4 Å². The van der Waals surface area contributed by atoms with Crippen LogP contribution in [0.5, 0.6) is 0 Å². The molecule has 0 aromatic carbocycles. The van der Waals surface area contributed by atoms with Gasteiger partial charge in [-0.25, -0.2) is 0 Å². The van der Waals surface area contributed by atoms with Crippen LogP contribution in [0.2, 0.25) is 0 Å². The topological polar surface area (TPSA) is 70.5 Å². The van der Waals surface area contributed by atoms with Gasteiger partial charge in [0.25, 0.3) is 0 Å². The van der Waals surface area contributed by atoms with Crippen LogP contribution in [-0.4, -0.2) is 33.4 Å². The number of nitrogens with zero attached hydrogens (tertiary/aromatic N) is 2. The van der Waals surface area contributed by atoms with Gasteiger partial charge in [-0.2, -0.15) is 0 Å². The molecule has 2 unspecified atom stereocenters. The minimum absolute atomic E-state index is 0.0736. The van der Waals surface area contributed by atoms with Gasteiger partial charge >= 0.3 is 5.97 Å². The van der Waals surface area contributed by atoms with Gasteiger partial charge in [-0.3, -0.25) is 14.6 Å². The Morgan fingerprint density at radius 3 is 2.94 bits per heavy atom. The molecular formula is C13H16N2O3. The molecule has 1 aromatic heterocycles. The lowest BCUT2D eigenvalue weighted by Gasteiger charge is -2.27. The average Bonchev–Trinajstić information content (AvgIpc) is 2.74. The zero-order valence-electron chi connectivity index (χ0n) is 10.2. The van der Waals surface area contributed by atoms with Gasteiger partial charge in [-0.05, 0) is 18.1 Å². The zero-order chi connectivity index (χ0) is 13.1. The third kappa shape index (κ3) is 2.34. The number of aliphatic carboxylic acids is 1. The van der Waals surface area contributed by atoms with E-state index >= 15 is 0 Å². The molecule has 1 saturated heterocycles. The van der Waals surface area contributed by atoms with Crippen molar-refractivity contribution in [2.24, 2.45) is 5.92 Å². The summed E-state index contributed by atoms with van der Waals surface area (Å²) >= 11 is 0. The minimum atomic E-state index is -0.896. The van der Waals surface area contributed by atoms with Gasteiger partial charge in [0.2, 0.25) is 5.91 Å². The molecule has 2 heterocycles. The zero-order valence-corrected chi connectivity index (χ0v) is 10.2. The Morgan fingerprint density at radius 1 is 1.67 bits per heavy atom. The highest BCUT2D eigenvalue weighted by Crippen LogP contribution is 2.30. The quantitative estimate of drug-likeness (QED) is 0.875. The highest BCUT2D eigenvalue weighted by atomic mass is 16.4. The van der Waals surface area contributed by atoms with E-state index in [0.717, 1.165) is 12.0 Å². The monoisotopic (exact) mass is 248 g/mol. The van der Waals surface area contributed by atoms with Crippen molar-refractivity contribution < 1.29 is 14.7 Å². The van der Waals surface area contributed by atoms with Crippen LogP contribution in [0, 0.1) is 5.92 Å². The fourth-order valence-electron chi connectivity index (χ4n) is 2.41. The molecule has 0 spiro atoms. The predicted octanol–water partition coefficient (Wildman–Crippen LogP) is 1.47. The Hall–Kier alpha value is -1.91. The summed E-state index contributed by atoms with van der Waals surface area (Å²) in [6, 6.07) is 3.67. The van der Waals surface area contributed by atoms with Crippen molar-refractivity contribution in [1.29, 1.82) is 0 Å². The number of carbonyl (C=O) groups excluding carboxylic acids is 1. The van der Waals surface area contributed by atoms with Crippen LogP contribution in [0.4, 0.5) is 0 Å². The number of hydrogen-bond acceptors (Lipinski definition) is 3. The Labute approximate surface area is 105 Å². The third-order valence-electron chi connectivity index (χ3n) is 3.34. The first-order valence-corrected chi connectivity index (χ1v) is 6.05. The summed E-state index contributed by atoms with van der Waals surface area (Å²) in [5.74, 6) is -1.56. The molecule has 5 nitrogen and oxygen atoms in total. The molecule has 1 aromatic rings. The second-order valence-corrected chi connectivity index (χ2v) is 4.50. The van der Waals surface area contributed by atoms with E-state index in [1.165, 1.54) is 0 Å². The van der Waals surface area contributed by atoms with Crippen LogP contribution in [-0.2, 0) is 9.59 Å². The molecule has 0 aliphatic carbocycles. The number of carboxylic acid groups (broad SMARTS) is 1. The smallest absolute Gasteiger partial charge is 0.308 e. The number of aromatic nitrogens is 1. The van der Waals surface area contributed by atoms with E-state index in [-0.39, 0.29) is 18.4 Å². The first kappa shape index (κ1) is 12.5. The van der Waals surface area contributed by atoms with Gasteiger partial charge in [0, 0.05) is 25.4 Å². The maximum atomic E-state index is 11.9. The van der Waals surface area contributed by atoms with E-state index in [9.17, 15) is 9.59 Å². The molecule has 1 aliphatic heterocycles. The molecule has 0 saturated carbocycles. The SMILES string of the molecule is CCC(c1cccnc1)N1CC(C(=O)O)CC1=O. The van der Waals surface area contributed by atoms with Crippen molar-refractivity contribution in [2.75, 3.05) is 6.54 Å². The fraction of sp³-hybridized carbons (Fsp3) is 0.462. The third-order valence-corrected chi connectivity index (χ3v) is 3.34. The van der Waals surface area contributed by atoms with E-state index in [4.69, 9.17) is 5.11 Å². The number of pyridine rings is 1. The van der Waals surface area contributed by atoms with E-state index in [2.05, 4.69) is 4.98 Å². The van der Waals surface area contributed by atoms with Crippen LogP contribution in [0.3, 0.4) is 0 Å². The van der Waals surface area contributed by atoms with Crippen LogP contribution in [0.25, 0.3) is 0 Å². The molecular weight excluding hydrogens is 232 g/mol. The summed E-state index contributed by atoms with van der Waals surface area (Å²) in [7, 11) is 0. The summed E-state index contributed by atoms with van der Waals surface area (Å²) in [5, 5.41) is 8.98. The second-order valence-electron chi connectivity index (χ2n) is 4.50. The molecule has 2 atom stereocenters. The summed E-state index contributed by atoms with van der Waals surface area (Å²) in [6.07, 6.45) is 4.27. The van der Waals surface area contributed by atoms with E-state index < -0.39 is 11.9 Å². The first-order valence-electron chi connectivity index (χ1n) is 6.05. The Bertz CT molecular complexity index is 447. The van der Waals surface area contributed by atoms with Crippen molar-refractivity contribution in [3.63, 3.8) is 0 Å². The Kier molecular flexibility index (Phi) is 3.60. The molecule has 5 heteroatoms. The molecule has 1 amide bonds. The van der Waals surface area contributed by atoms with E-state index in [0.29, 0.717) is 6.54 Å². The van der Waals surface area contributed by atoms with Crippen molar-refractivity contribution in [2.45, 2.75) is 25.8 Å². The Morgan fingerprint density at radius 2 is 2.44 bits per heavy atom. The molecule has 2 rings (SSSR count). The van der Waals surface area contributed by atoms with Crippen molar-refractivity contribution in [3.8, 4) is 0 Å². The highest BCUT2D eigenvalue weighted by molar-refractivity contribution is 5.86. The molecule has 96 valence electrons. The number of hydrogen-bond donors (Lipinski definition) is 1. The molecule has 1 aliphatic rings. The van der Waals surface area contributed by atoms with Crippen molar-refractivity contribution in [1.82, 2.24) is 9.88 Å². The predicted molar refractivity (Wildman–Crippen MR) is 64.7 cm³/mol. The lowest BCUT2D eigenvalue weighted by molar-refractivity contribution is -0.141. The second kappa shape index (κ2) is 5.16. The van der Waals surface area contributed by atoms with Crippen LogP contribution < -0.4 is 0 Å². The summed E-state index contributed by atoms with van der Waals surface area (Å²) in [5.41, 5.74) is 0.958. The van der Waals surface area contributed by atoms with Gasteiger partial charge in [0.15, 0.2) is 0 Å². The van der Waals surface area contributed by atoms with E-state index in [1.54, 1.807) is 17.3 Å². The minimum Gasteiger partial charge on any atom is -0.481 e. The highest BCUT2D eigenvalue weighted by Gasteiger charge is 2.37. The molecule has 0 bridgehead atoms. The normalized spacial score (nSPS) is 21.1. The lowest BCUT2D eigenvalue weighted by atomic mass is 10.1. The molecule has 18 heavy (non-hydrogen) atoms. The summed E-state index contributed by atoms with van der Waals surface area (Å²) < 4.78 is 0. The number of likely N-dealkylation sites (tertiary alicyclic amines) is 1. The molecule has 1 fully saturated rings. The number of rotatable bonds is 4. The van der Waals surface area contributed by atoms with Gasteiger partial charge < -0.3 is 10.0 Å². The number of amides is 1. The molecule has 1 N–H and O–H groups in total. The summed E-state index contributed by atoms with van der Waals surface area (Å²) in [4.78, 5) is 28.6. The lowest BCUT2D eigenvalue weighted by Crippen LogP contribution is -2.30. The van der Waals surface area contributed by atoms with Gasteiger partial charge in [0.1, 0.15) is 0 Å². The van der Waals surface area contributed by atoms with E-state index in [1.807, 2.05) is 19.1 Å².